The van der Waals surface area contributed by atoms with Crippen molar-refractivity contribution in [3.63, 3.8) is 0 Å². The quantitative estimate of drug-likeness (QED) is 0.414. The molecule has 0 saturated heterocycles. The number of ether oxygens (including phenoxy) is 1. The summed E-state index contributed by atoms with van der Waals surface area (Å²) in [6.07, 6.45) is 9.68. The number of aryl methyl sites for hydroxylation is 3. The first-order valence-corrected chi connectivity index (χ1v) is 11.9. The zero-order valence-corrected chi connectivity index (χ0v) is 19.7. The Labute approximate surface area is 186 Å². The van der Waals surface area contributed by atoms with Gasteiger partial charge >= 0.3 is 0 Å². The van der Waals surface area contributed by atoms with Crippen molar-refractivity contribution >= 4 is 11.5 Å². The van der Waals surface area contributed by atoms with Crippen LogP contribution in [-0.4, -0.2) is 27.7 Å². The molecule has 5 nitrogen and oxygen atoms in total. The number of rotatable bonds is 9. The van der Waals surface area contributed by atoms with Gasteiger partial charge in [0.2, 0.25) is 0 Å². The van der Waals surface area contributed by atoms with Gasteiger partial charge in [0, 0.05) is 22.9 Å². The van der Waals surface area contributed by atoms with E-state index >= 15 is 0 Å². The lowest BCUT2D eigenvalue weighted by atomic mass is 10.0. The number of unbranched alkanes of at least 4 members (excludes halogenated alkanes) is 3. The van der Waals surface area contributed by atoms with E-state index in [1.165, 1.54) is 60.9 Å². The van der Waals surface area contributed by atoms with Crippen molar-refractivity contribution in [1.82, 2.24) is 14.6 Å². The Bertz CT molecular complexity index is 1070. The Morgan fingerprint density at radius 2 is 2.00 bits per heavy atom. The van der Waals surface area contributed by atoms with Crippen molar-refractivity contribution in [1.29, 1.82) is 0 Å². The van der Waals surface area contributed by atoms with E-state index in [0.29, 0.717) is 6.04 Å². The highest BCUT2D eigenvalue weighted by molar-refractivity contribution is 5.83. The number of benzene rings is 1. The molecule has 1 atom stereocenters. The summed E-state index contributed by atoms with van der Waals surface area (Å²) >= 11 is 0. The summed E-state index contributed by atoms with van der Waals surface area (Å²) in [5, 5.41) is 8.80. The van der Waals surface area contributed by atoms with Gasteiger partial charge in [-0.05, 0) is 69.7 Å². The van der Waals surface area contributed by atoms with E-state index in [2.05, 4.69) is 49.7 Å². The maximum Gasteiger partial charge on any atom is 0.165 e. The minimum atomic E-state index is 0.419. The van der Waals surface area contributed by atoms with Gasteiger partial charge in [-0.2, -0.15) is 9.61 Å². The van der Waals surface area contributed by atoms with Gasteiger partial charge in [0.15, 0.2) is 5.65 Å². The highest BCUT2D eigenvalue weighted by atomic mass is 16.5. The summed E-state index contributed by atoms with van der Waals surface area (Å²) in [4.78, 5) is 5.12. The molecule has 0 aliphatic heterocycles. The second-order valence-corrected chi connectivity index (χ2v) is 9.01. The highest BCUT2D eigenvalue weighted by Crippen LogP contribution is 2.36. The molecule has 1 aromatic carbocycles. The van der Waals surface area contributed by atoms with E-state index in [-0.39, 0.29) is 0 Å². The Hall–Kier alpha value is -2.56. The number of nitrogens with one attached hydrogen (secondary N) is 1. The lowest BCUT2D eigenvalue weighted by Crippen LogP contribution is -2.19. The number of anilines is 1. The van der Waals surface area contributed by atoms with Crippen LogP contribution in [-0.2, 0) is 12.8 Å². The van der Waals surface area contributed by atoms with Crippen LogP contribution in [0.25, 0.3) is 16.8 Å². The van der Waals surface area contributed by atoms with E-state index in [4.69, 9.17) is 14.8 Å². The van der Waals surface area contributed by atoms with Gasteiger partial charge < -0.3 is 10.1 Å². The molecule has 0 saturated carbocycles. The van der Waals surface area contributed by atoms with Gasteiger partial charge in [-0.25, -0.2) is 4.98 Å². The minimum absolute atomic E-state index is 0.419. The Balaban J connectivity index is 1.75. The fraction of sp³-hybridized carbons (Fsp3) is 0.538. The number of nitrogens with zero attached hydrogens (tertiary/aromatic N) is 3. The molecule has 0 spiro atoms. The molecule has 0 bridgehead atoms. The maximum atomic E-state index is 5.41. The topological polar surface area (TPSA) is 51.5 Å². The number of hydrogen-bond acceptors (Lipinski definition) is 4. The molecule has 1 aliphatic rings. The first-order chi connectivity index (χ1) is 15.0. The van der Waals surface area contributed by atoms with Crippen LogP contribution < -0.4 is 10.1 Å². The van der Waals surface area contributed by atoms with Crippen LogP contribution in [0.1, 0.15) is 74.9 Å². The summed E-state index contributed by atoms with van der Waals surface area (Å²) in [7, 11) is 1.71. The van der Waals surface area contributed by atoms with Gasteiger partial charge in [-0.15, -0.1) is 0 Å². The molecule has 1 N–H and O–H groups in total. The molecule has 2 aromatic heterocycles. The molecule has 1 aliphatic carbocycles. The predicted molar refractivity (Wildman–Crippen MR) is 128 cm³/mol. The normalized spacial score (nSPS) is 14.1. The van der Waals surface area contributed by atoms with Crippen LogP contribution in [0.3, 0.4) is 0 Å². The third kappa shape index (κ3) is 4.28. The highest BCUT2D eigenvalue weighted by Gasteiger charge is 2.25. The molecule has 5 heteroatoms. The first-order valence-electron chi connectivity index (χ1n) is 11.9. The van der Waals surface area contributed by atoms with E-state index in [1.807, 2.05) is 6.07 Å². The van der Waals surface area contributed by atoms with Crippen LogP contribution in [0.4, 0.5) is 5.82 Å². The summed E-state index contributed by atoms with van der Waals surface area (Å²) in [5.74, 6) is 2.03. The van der Waals surface area contributed by atoms with E-state index < -0.39 is 0 Å². The molecule has 166 valence electrons. The second kappa shape index (κ2) is 9.29. The number of fused-ring (bicyclic) bond motifs is 2. The zero-order valence-electron chi connectivity index (χ0n) is 19.7. The number of hydrogen-bond donors (Lipinski definition) is 1. The molecular weight excluding hydrogens is 384 g/mol. The third-order valence-corrected chi connectivity index (χ3v) is 6.54. The molecule has 4 rings (SSSR count). The van der Waals surface area contributed by atoms with Crippen molar-refractivity contribution in [3.05, 3.63) is 40.7 Å². The average Bonchev–Trinajstić information content (AvgIpc) is 3.35. The Morgan fingerprint density at radius 3 is 2.74 bits per heavy atom. The average molecular weight is 421 g/mol. The molecule has 0 radical (unpaired) electrons. The van der Waals surface area contributed by atoms with Gasteiger partial charge in [-0.3, -0.25) is 0 Å². The Morgan fingerprint density at radius 1 is 1.16 bits per heavy atom. The summed E-state index contributed by atoms with van der Waals surface area (Å²) in [5.41, 5.74) is 8.06. The first kappa shape index (κ1) is 21.7. The summed E-state index contributed by atoms with van der Waals surface area (Å²) in [6, 6.07) is 6.67. The fourth-order valence-electron chi connectivity index (χ4n) is 4.83. The second-order valence-electron chi connectivity index (χ2n) is 9.01. The fourth-order valence-corrected chi connectivity index (χ4v) is 4.83. The third-order valence-electron chi connectivity index (χ3n) is 6.54. The predicted octanol–water partition coefficient (Wildman–Crippen LogP) is 6.28. The minimum Gasteiger partial charge on any atom is -0.497 e. The SMILES string of the molecule is CCCCCCC(C)Nc1c2c(nc3c(-c4ccc(OC)cc4C)c(C)nn13)CCC2. The Kier molecular flexibility index (Phi) is 6.49. The molecule has 2 heterocycles. The lowest BCUT2D eigenvalue weighted by Gasteiger charge is -2.19. The van der Waals surface area contributed by atoms with Crippen molar-refractivity contribution in [2.24, 2.45) is 0 Å². The van der Waals surface area contributed by atoms with Gasteiger partial charge in [-0.1, -0.05) is 38.7 Å². The molecular formula is C26H36N4O. The van der Waals surface area contributed by atoms with Crippen LogP contribution in [0.2, 0.25) is 0 Å². The molecule has 0 fully saturated rings. The maximum absolute atomic E-state index is 5.41. The summed E-state index contributed by atoms with van der Waals surface area (Å²) in [6.45, 7) is 8.79. The van der Waals surface area contributed by atoms with E-state index in [1.54, 1.807) is 7.11 Å². The van der Waals surface area contributed by atoms with Crippen LogP contribution >= 0.6 is 0 Å². The summed E-state index contributed by atoms with van der Waals surface area (Å²) < 4.78 is 7.48. The number of methoxy groups -OCH3 is 1. The van der Waals surface area contributed by atoms with Crippen LogP contribution in [0, 0.1) is 13.8 Å². The zero-order chi connectivity index (χ0) is 22.0. The monoisotopic (exact) mass is 420 g/mol. The van der Waals surface area contributed by atoms with Gasteiger partial charge in [0.1, 0.15) is 11.6 Å². The molecule has 1 unspecified atom stereocenters. The van der Waals surface area contributed by atoms with E-state index in [0.717, 1.165) is 41.3 Å². The van der Waals surface area contributed by atoms with Gasteiger partial charge in [0.25, 0.3) is 0 Å². The van der Waals surface area contributed by atoms with Crippen molar-refractivity contribution < 1.29 is 4.74 Å². The molecule has 0 amide bonds. The van der Waals surface area contributed by atoms with Crippen LogP contribution in [0.5, 0.6) is 5.75 Å². The lowest BCUT2D eigenvalue weighted by molar-refractivity contribution is 0.414. The van der Waals surface area contributed by atoms with Crippen LogP contribution in [0.15, 0.2) is 18.2 Å². The van der Waals surface area contributed by atoms with E-state index in [9.17, 15) is 0 Å². The van der Waals surface area contributed by atoms with Crippen molar-refractivity contribution in [3.8, 4) is 16.9 Å². The van der Waals surface area contributed by atoms with Gasteiger partial charge in [0.05, 0.1) is 12.8 Å². The number of aromatic nitrogens is 3. The van der Waals surface area contributed by atoms with Crippen molar-refractivity contribution in [2.75, 3.05) is 12.4 Å². The van der Waals surface area contributed by atoms with Crippen molar-refractivity contribution in [2.45, 2.75) is 85.1 Å². The smallest absolute Gasteiger partial charge is 0.165 e. The molecule has 3 aromatic rings. The molecule has 31 heavy (non-hydrogen) atoms. The largest absolute Gasteiger partial charge is 0.497 e. The standard InChI is InChI=1S/C26H36N4O/c1-6-7-8-9-11-18(3)27-25-22-12-10-13-23(22)28-26-24(19(4)29-30(25)26)21-15-14-20(31-5)16-17(21)2/h14-16,18,27H,6-13H2,1-5H3.